The van der Waals surface area contributed by atoms with Gasteiger partial charge in [0.2, 0.25) is 5.91 Å². The molecule has 0 fully saturated rings. The van der Waals surface area contributed by atoms with Crippen LogP contribution >= 0.6 is 0 Å². The van der Waals surface area contributed by atoms with Gasteiger partial charge in [0.05, 0.1) is 19.3 Å². The molecule has 7 nitrogen and oxygen atoms in total. The predicted octanol–water partition coefficient (Wildman–Crippen LogP) is 1.86. The van der Waals surface area contributed by atoms with Crippen molar-refractivity contribution in [3.05, 3.63) is 71.2 Å². The van der Waals surface area contributed by atoms with E-state index < -0.39 is 0 Å². The number of carbonyl (C=O) groups excluding carboxylic acids is 1. The molecule has 27 heavy (non-hydrogen) atoms. The first-order chi connectivity index (χ1) is 13.1. The zero-order valence-corrected chi connectivity index (χ0v) is 14.8. The Morgan fingerprint density at radius 1 is 1.33 bits per heavy atom. The number of fused-ring (bicyclic) bond motifs is 1. The average Bonchev–Trinajstić information content (AvgIpc) is 3.08. The van der Waals surface area contributed by atoms with Crippen LogP contribution in [-0.2, 0) is 17.9 Å². The van der Waals surface area contributed by atoms with Gasteiger partial charge in [-0.2, -0.15) is 5.10 Å². The van der Waals surface area contributed by atoms with Crippen molar-refractivity contribution in [2.24, 2.45) is 0 Å². The molecule has 0 radical (unpaired) electrons. The second kappa shape index (κ2) is 8.39. The molecule has 0 saturated carbocycles. The summed E-state index contributed by atoms with van der Waals surface area (Å²) in [5, 5.41) is 7.32. The fourth-order valence-electron chi connectivity index (χ4n) is 2.71. The fourth-order valence-corrected chi connectivity index (χ4v) is 2.71. The van der Waals surface area contributed by atoms with Crippen molar-refractivity contribution in [3.63, 3.8) is 0 Å². The Balaban J connectivity index is 1.73. The molecule has 2 aromatic heterocycles. The van der Waals surface area contributed by atoms with Crippen molar-refractivity contribution in [1.82, 2.24) is 24.6 Å². The summed E-state index contributed by atoms with van der Waals surface area (Å²) in [6.45, 7) is 4.45. The van der Waals surface area contributed by atoms with Crippen molar-refractivity contribution in [1.29, 1.82) is 0 Å². The van der Waals surface area contributed by atoms with Gasteiger partial charge in [-0.05, 0) is 12.5 Å². The molecule has 0 unspecified atom stereocenters. The van der Waals surface area contributed by atoms with E-state index in [9.17, 15) is 14.0 Å². The van der Waals surface area contributed by atoms with Crippen LogP contribution in [-0.4, -0.2) is 31.8 Å². The highest BCUT2D eigenvalue weighted by molar-refractivity contribution is 5.76. The maximum absolute atomic E-state index is 13.8. The number of hydrogen-bond donors (Lipinski definition) is 1. The van der Waals surface area contributed by atoms with Crippen LogP contribution in [0.1, 0.15) is 18.4 Å². The molecule has 0 bridgehead atoms. The van der Waals surface area contributed by atoms with Gasteiger partial charge in [-0.25, -0.2) is 14.1 Å². The zero-order chi connectivity index (χ0) is 19.2. The lowest BCUT2D eigenvalue weighted by Crippen LogP contribution is -2.27. The van der Waals surface area contributed by atoms with Gasteiger partial charge >= 0.3 is 0 Å². The molecule has 0 aliphatic rings. The first kappa shape index (κ1) is 18.5. The number of hydrogen-bond acceptors (Lipinski definition) is 4. The van der Waals surface area contributed by atoms with Crippen molar-refractivity contribution >= 4 is 16.9 Å². The summed E-state index contributed by atoms with van der Waals surface area (Å²) < 4.78 is 16.7. The van der Waals surface area contributed by atoms with E-state index in [4.69, 9.17) is 0 Å². The topological polar surface area (TPSA) is 81.8 Å². The smallest absolute Gasteiger partial charge is 0.264 e. The van der Waals surface area contributed by atoms with Crippen LogP contribution < -0.4 is 10.9 Å². The summed E-state index contributed by atoms with van der Waals surface area (Å²) in [4.78, 5) is 28.5. The molecule has 3 aromatic rings. The highest BCUT2D eigenvalue weighted by Gasteiger charge is 2.11. The Kier molecular flexibility index (Phi) is 5.75. The summed E-state index contributed by atoms with van der Waals surface area (Å²) in [7, 11) is 0. The lowest BCUT2D eigenvalue weighted by atomic mass is 10.2. The Morgan fingerprint density at radius 2 is 2.15 bits per heavy atom. The molecule has 1 amide bonds. The van der Waals surface area contributed by atoms with E-state index >= 15 is 0 Å². The lowest BCUT2D eigenvalue weighted by molar-refractivity contribution is -0.121. The summed E-state index contributed by atoms with van der Waals surface area (Å²) in [5.74, 6) is -0.432. The molecule has 0 saturated heterocycles. The van der Waals surface area contributed by atoms with Gasteiger partial charge in [-0.1, -0.05) is 24.3 Å². The van der Waals surface area contributed by atoms with E-state index in [0.717, 1.165) is 0 Å². The number of nitrogens with zero attached hydrogens (tertiary/aromatic N) is 4. The number of amides is 1. The van der Waals surface area contributed by atoms with Crippen LogP contribution in [0.4, 0.5) is 4.39 Å². The third-order valence-corrected chi connectivity index (χ3v) is 4.14. The van der Waals surface area contributed by atoms with Crippen molar-refractivity contribution < 1.29 is 9.18 Å². The highest BCUT2D eigenvalue weighted by Crippen LogP contribution is 2.09. The third-order valence-electron chi connectivity index (χ3n) is 4.14. The molecule has 1 N–H and O–H groups in total. The van der Waals surface area contributed by atoms with Crippen molar-refractivity contribution in [2.45, 2.75) is 25.9 Å². The number of halogens is 1. The molecular formula is C19H20FN5O2. The van der Waals surface area contributed by atoms with Gasteiger partial charge in [-0.15, -0.1) is 6.58 Å². The van der Waals surface area contributed by atoms with Crippen molar-refractivity contribution in [3.8, 4) is 0 Å². The lowest BCUT2D eigenvalue weighted by Gasteiger charge is -2.08. The van der Waals surface area contributed by atoms with Crippen LogP contribution in [0.2, 0.25) is 0 Å². The van der Waals surface area contributed by atoms with Crippen LogP contribution in [0.5, 0.6) is 0 Å². The Bertz CT molecular complexity index is 1020. The van der Waals surface area contributed by atoms with Gasteiger partial charge in [0, 0.05) is 18.5 Å². The van der Waals surface area contributed by atoms with Crippen LogP contribution in [0.15, 0.2) is 54.2 Å². The minimum absolute atomic E-state index is 0.0634. The molecule has 8 heteroatoms. The molecule has 2 heterocycles. The van der Waals surface area contributed by atoms with Gasteiger partial charge in [-0.3, -0.25) is 14.2 Å². The van der Waals surface area contributed by atoms with E-state index in [1.165, 1.54) is 23.2 Å². The fraction of sp³-hybridized carbons (Fsp3) is 0.263. The predicted molar refractivity (Wildman–Crippen MR) is 99.7 cm³/mol. The van der Waals surface area contributed by atoms with Gasteiger partial charge in [0.15, 0.2) is 5.65 Å². The van der Waals surface area contributed by atoms with Crippen LogP contribution in [0, 0.1) is 5.82 Å². The van der Waals surface area contributed by atoms with E-state index in [2.05, 4.69) is 22.0 Å². The van der Waals surface area contributed by atoms with E-state index in [1.807, 2.05) is 0 Å². The number of rotatable bonds is 8. The monoisotopic (exact) mass is 369 g/mol. The number of carbonyl (C=O) groups is 1. The Hall–Kier alpha value is -3.29. The second-order valence-electron chi connectivity index (χ2n) is 6.05. The molecule has 0 aliphatic carbocycles. The molecule has 0 aliphatic heterocycles. The zero-order valence-electron chi connectivity index (χ0n) is 14.8. The van der Waals surface area contributed by atoms with Gasteiger partial charge in [0.25, 0.3) is 5.56 Å². The normalized spacial score (nSPS) is 10.9. The standard InChI is InChI=1S/C19H20FN5O2/c1-2-3-8-17(26)21-9-10-25-18-15(11-23-25)19(27)24(13-22-18)12-14-6-4-5-7-16(14)20/h2,4-7,11,13H,1,3,8-10,12H2,(H,21,26). The molecule has 0 spiro atoms. The molecule has 0 atom stereocenters. The Morgan fingerprint density at radius 3 is 2.93 bits per heavy atom. The molecular weight excluding hydrogens is 349 g/mol. The summed E-state index contributed by atoms with van der Waals surface area (Å²) in [5.41, 5.74) is 0.560. The van der Waals surface area contributed by atoms with Gasteiger partial charge < -0.3 is 5.32 Å². The summed E-state index contributed by atoms with van der Waals surface area (Å²) in [6, 6.07) is 6.30. The average molecular weight is 369 g/mol. The van der Waals surface area contributed by atoms with Crippen molar-refractivity contribution in [2.75, 3.05) is 6.54 Å². The number of allylic oxidation sites excluding steroid dienone is 1. The molecule has 140 valence electrons. The number of aromatic nitrogens is 4. The van der Waals surface area contributed by atoms with E-state index in [-0.39, 0.29) is 23.8 Å². The van der Waals surface area contributed by atoms with E-state index in [0.29, 0.717) is 42.5 Å². The maximum Gasteiger partial charge on any atom is 0.264 e. The first-order valence-corrected chi connectivity index (χ1v) is 8.62. The summed E-state index contributed by atoms with van der Waals surface area (Å²) >= 11 is 0. The Labute approximate surface area is 155 Å². The second-order valence-corrected chi connectivity index (χ2v) is 6.05. The number of benzene rings is 1. The van der Waals surface area contributed by atoms with E-state index in [1.54, 1.807) is 29.0 Å². The summed E-state index contributed by atoms with van der Waals surface area (Å²) in [6.07, 6.45) is 5.54. The quantitative estimate of drug-likeness (QED) is 0.615. The SMILES string of the molecule is C=CCCC(=O)NCCn1ncc2c(=O)n(Cc3ccccc3F)cnc21. The highest BCUT2D eigenvalue weighted by atomic mass is 19.1. The number of nitrogens with one attached hydrogen (secondary N) is 1. The minimum Gasteiger partial charge on any atom is -0.354 e. The minimum atomic E-state index is -0.368. The molecule has 1 aromatic carbocycles. The first-order valence-electron chi connectivity index (χ1n) is 8.62. The largest absolute Gasteiger partial charge is 0.354 e. The third kappa shape index (κ3) is 4.28. The van der Waals surface area contributed by atoms with Crippen LogP contribution in [0.25, 0.3) is 11.0 Å². The molecule has 3 rings (SSSR count). The maximum atomic E-state index is 13.8. The van der Waals surface area contributed by atoms with Gasteiger partial charge in [0.1, 0.15) is 17.5 Å². The van der Waals surface area contributed by atoms with Crippen LogP contribution in [0.3, 0.4) is 0 Å².